The minimum Gasteiger partial charge on any atom is -0.395 e. The highest BCUT2D eigenvalue weighted by atomic mass is 35.5. The number of anilines is 3. The van der Waals surface area contributed by atoms with Crippen molar-refractivity contribution >= 4 is 39.8 Å². The molecule has 3 heterocycles. The number of nitrogens with zero attached hydrogens (tertiary/aromatic N) is 4. The van der Waals surface area contributed by atoms with Gasteiger partial charge < -0.3 is 20.3 Å². The van der Waals surface area contributed by atoms with Crippen LogP contribution in [0.2, 0.25) is 5.02 Å². The lowest BCUT2D eigenvalue weighted by molar-refractivity contribution is 0.189. The number of aromatic nitrogens is 3. The molecule has 0 bridgehead atoms. The molecule has 4 aromatic rings. The van der Waals surface area contributed by atoms with Crippen LogP contribution in [0.5, 0.6) is 0 Å². The number of hydrogen-bond donors (Lipinski definition) is 3. The van der Waals surface area contributed by atoms with Crippen LogP contribution >= 0.6 is 11.6 Å². The van der Waals surface area contributed by atoms with E-state index < -0.39 is 0 Å². The number of piperazine rings is 1. The Kier molecular flexibility index (Phi) is 6.29. The SMILES string of the molecule is Cc1ccc2c(-c3nc(Nc4cc(C5CC5)cc(N5CCN(CCO)CC5)c4)ncc3Cl)c[nH]c2c1. The molecule has 2 aromatic carbocycles. The molecular weight excluding hydrogens is 472 g/mol. The molecule has 2 aromatic heterocycles. The van der Waals surface area contributed by atoms with Crippen molar-refractivity contribution in [3.05, 3.63) is 64.9 Å². The lowest BCUT2D eigenvalue weighted by Gasteiger charge is -2.36. The maximum absolute atomic E-state index is 9.26. The van der Waals surface area contributed by atoms with Gasteiger partial charge in [0.05, 0.1) is 23.5 Å². The average molecular weight is 503 g/mol. The standard InChI is InChI=1S/C28H31ClN6O/c1-18-2-5-23-24(16-30-26(23)12-18)27-25(29)17-31-28(33-27)32-21-13-20(19-3-4-19)14-22(15-21)35-8-6-34(7-9-35)10-11-36/h2,5,12-17,19,30,36H,3-4,6-11H2,1H3,(H,31,32,33). The fraction of sp³-hybridized carbons (Fsp3) is 0.357. The van der Waals surface area contributed by atoms with E-state index in [2.05, 4.69) is 68.4 Å². The van der Waals surface area contributed by atoms with E-state index in [-0.39, 0.29) is 6.61 Å². The predicted molar refractivity (Wildman–Crippen MR) is 147 cm³/mol. The van der Waals surface area contributed by atoms with E-state index in [1.54, 1.807) is 6.20 Å². The van der Waals surface area contributed by atoms with Crippen LogP contribution in [0.15, 0.2) is 48.8 Å². The van der Waals surface area contributed by atoms with Crippen molar-refractivity contribution in [3.8, 4) is 11.3 Å². The third kappa shape index (κ3) is 4.78. The maximum Gasteiger partial charge on any atom is 0.227 e. The summed E-state index contributed by atoms with van der Waals surface area (Å²) in [7, 11) is 0. The Hall–Kier alpha value is -3.13. The van der Waals surface area contributed by atoms with Crippen LogP contribution in [-0.2, 0) is 0 Å². The van der Waals surface area contributed by atoms with E-state index in [4.69, 9.17) is 16.6 Å². The number of nitrogens with one attached hydrogen (secondary N) is 2. The number of aryl methyl sites for hydroxylation is 1. The van der Waals surface area contributed by atoms with Gasteiger partial charge in [-0.25, -0.2) is 9.97 Å². The Morgan fingerprint density at radius 2 is 1.94 bits per heavy atom. The van der Waals surface area contributed by atoms with Gasteiger partial charge in [-0.1, -0.05) is 23.7 Å². The molecule has 0 amide bonds. The van der Waals surface area contributed by atoms with Crippen molar-refractivity contribution in [2.75, 3.05) is 49.5 Å². The summed E-state index contributed by atoms with van der Waals surface area (Å²) in [6.45, 7) is 6.88. The molecule has 36 heavy (non-hydrogen) atoms. The molecule has 2 fully saturated rings. The highest BCUT2D eigenvalue weighted by Gasteiger charge is 2.26. The number of aliphatic hydroxyl groups is 1. The number of aromatic amines is 1. The number of hydrogen-bond acceptors (Lipinski definition) is 6. The molecule has 0 atom stereocenters. The predicted octanol–water partition coefficient (Wildman–Crippen LogP) is 5.32. The van der Waals surface area contributed by atoms with Crippen LogP contribution in [-0.4, -0.2) is 64.3 Å². The second-order valence-corrected chi connectivity index (χ2v) is 10.3. The van der Waals surface area contributed by atoms with Crippen molar-refractivity contribution in [2.24, 2.45) is 0 Å². The summed E-state index contributed by atoms with van der Waals surface area (Å²) in [5.41, 5.74) is 7.54. The molecule has 186 valence electrons. The van der Waals surface area contributed by atoms with Gasteiger partial charge in [0.25, 0.3) is 0 Å². The highest BCUT2D eigenvalue weighted by molar-refractivity contribution is 6.33. The molecule has 7 nitrogen and oxygen atoms in total. The van der Waals surface area contributed by atoms with E-state index in [1.807, 2.05) is 6.20 Å². The molecule has 1 saturated carbocycles. The first-order chi connectivity index (χ1) is 17.6. The van der Waals surface area contributed by atoms with Gasteiger partial charge in [-0.05, 0) is 61.1 Å². The average Bonchev–Trinajstić information content (AvgIpc) is 3.66. The van der Waals surface area contributed by atoms with E-state index in [0.717, 1.165) is 54.9 Å². The Balaban J connectivity index is 1.29. The summed E-state index contributed by atoms with van der Waals surface area (Å²) in [5, 5.41) is 14.3. The summed E-state index contributed by atoms with van der Waals surface area (Å²) in [6.07, 6.45) is 6.12. The summed E-state index contributed by atoms with van der Waals surface area (Å²) in [5.74, 6) is 1.17. The van der Waals surface area contributed by atoms with Crippen LogP contribution < -0.4 is 10.2 Å². The van der Waals surface area contributed by atoms with Crippen LogP contribution in [0.3, 0.4) is 0 Å². The monoisotopic (exact) mass is 502 g/mol. The molecule has 2 aliphatic rings. The van der Waals surface area contributed by atoms with E-state index in [0.29, 0.717) is 22.6 Å². The lowest BCUT2D eigenvalue weighted by atomic mass is 10.1. The molecule has 6 rings (SSSR count). The minimum atomic E-state index is 0.215. The zero-order chi connectivity index (χ0) is 24.6. The number of halogens is 1. The van der Waals surface area contributed by atoms with E-state index >= 15 is 0 Å². The summed E-state index contributed by atoms with van der Waals surface area (Å²) in [4.78, 5) is 17.4. The number of β-amino-alcohol motifs (C(OH)–C–C–N with tert-alkyl or cyclic N) is 1. The van der Waals surface area contributed by atoms with Gasteiger partial charge in [0.15, 0.2) is 0 Å². The van der Waals surface area contributed by atoms with Crippen LogP contribution in [0.4, 0.5) is 17.3 Å². The zero-order valence-corrected chi connectivity index (χ0v) is 21.2. The summed E-state index contributed by atoms with van der Waals surface area (Å²) < 4.78 is 0. The molecule has 0 radical (unpaired) electrons. The Morgan fingerprint density at radius 3 is 2.72 bits per heavy atom. The van der Waals surface area contributed by atoms with Gasteiger partial charge in [-0.3, -0.25) is 4.90 Å². The maximum atomic E-state index is 9.26. The van der Waals surface area contributed by atoms with Crippen LogP contribution in [0.25, 0.3) is 22.2 Å². The van der Waals surface area contributed by atoms with Gasteiger partial charge in [0.1, 0.15) is 0 Å². The first-order valence-electron chi connectivity index (χ1n) is 12.7. The lowest BCUT2D eigenvalue weighted by Crippen LogP contribution is -2.47. The van der Waals surface area contributed by atoms with Crippen LogP contribution in [0.1, 0.15) is 29.9 Å². The summed E-state index contributed by atoms with van der Waals surface area (Å²) in [6, 6.07) is 13.1. The smallest absolute Gasteiger partial charge is 0.227 e. The largest absolute Gasteiger partial charge is 0.395 e. The normalized spacial score (nSPS) is 16.6. The van der Waals surface area contributed by atoms with Crippen molar-refractivity contribution in [1.82, 2.24) is 19.9 Å². The van der Waals surface area contributed by atoms with Crippen molar-refractivity contribution in [3.63, 3.8) is 0 Å². The number of aliphatic hydroxyl groups excluding tert-OH is 1. The fourth-order valence-corrected chi connectivity index (χ4v) is 5.29. The minimum absolute atomic E-state index is 0.215. The zero-order valence-electron chi connectivity index (χ0n) is 20.5. The van der Waals surface area contributed by atoms with Crippen LogP contribution in [0, 0.1) is 6.92 Å². The quantitative estimate of drug-likeness (QED) is 0.317. The first kappa shape index (κ1) is 23.3. The van der Waals surface area contributed by atoms with Crippen molar-refractivity contribution < 1.29 is 5.11 Å². The van der Waals surface area contributed by atoms with E-state index in [9.17, 15) is 5.11 Å². The molecule has 1 aliphatic carbocycles. The van der Waals surface area contributed by atoms with Gasteiger partial charge in [-0.15, -0.1) is 0 Å². The number of H-pyrrole nitrogens is 1. The van der Waals surface area contributed by atoms with Gasteiger partial charge in [0, 0.05) is 66.8 Å². The van der Waals surface area contributed by atoms with Crippen molar-refractivity contribution in [1.29, 1.82) is 0 Å². The molecule has 1 saturated heterocycles. The molecule has 1 aliphatic heterocycles. The number of fused-ring (bicyclic) bond motifs is 1. The molecule has 3 N–H and O–H groups in total. The fourth-order valence-electron chi connectivity index (χ4n) is 5.09. The highest BCUT2D eigenvalue weighted by Crippen LogP contribution is 2.43. The number of benzene rings is 2. The second kappa shape index (κ2) is 9.73. The Morgan fingerprint density at radius 1 is 1.11 bits per heavy atom. The molecular formula is C28H31ClN6O. The molecule has 8 heteroatoms. The third-order valence-electron chi connectivity index (χ3n) is 7.24. The molecule has 0 spiro atoms. The Bertz CT molecular complexity index is 1390. The van der Waals surface area contributed by atoms with Gasteiger partial charge in [0.2, 0.25) is 5.95 Å². The van der Waals surface area contributed by atoms with Gasteiger partial charge in [-0.2, -0.15) is 0 Å². The third-order valence-corrected chi connectivity index (χ3v) is 7.51. The van der Waals surface area contributed by atoms with Crippen molar-refractivity contribution in [2.45, 2.75) is 25.7 Å². The Labute approximate surface area is 216 Å². The first-order valence-corrected chi connectivity index (χ1v) is 13.1. The topological polar surface area (TPSA) is 80.3 Å². The summed E-state index contributed by atoms with van der Waals surface area (Å²) >= 11 is 6.57. The van der Waals surface area contributed by atoms with Gasteiger partial charge >= 0.3 is 0 Å². The second-order valence-electron chi connectivity index (χ2n) is 9.91. The van der Waals surface area contributed by atoms with E-state index in [1.165, 1.54) is 29.7 Å². The molecule has 0 unspecified atom stereocenters. The number of rotatable bonds is 7.